The standard InChI is InChI=1S/C18H20N6O3/c1-10-17(24(26)27)11(2)23(22-10)9-16(25)19-13-6-7-14-15(8-13)21-18(20-14)12-4-3-5-12/h6-8,12H,3-5,9H2,1-2H3,(H,19,25)(H,20,21). The number of benzene rings is 1. The Balaban J connectivity index is 1.49. The van der Waals surface area contributed by atoms with Crippen molar-refractivity contribution in [3.63, 3.8) is 0 Å². The molecule has 9 nitrogen and oxygen atoms in total. The van der Waals surface area contributed by atoms with E-state index in [0.29, 0.717) is 23.0 Å². The van der Waals surface area contributed by atoms with Crippen LogP contribution in [-0.2, 0) is 11.3 Å². The molecule has 1 saturated carbocycles. The summed E-state index contributed by atoms with van der Waals surface area (Å²) in [7, 11) is 0. The normalized spacial score (nSPS) is 14.3. The highest BCUT2D eigenvalue weighted by molar-refractivity contribution is 5.93. The second-order valence-corrected chi connectivity index (χ2v) is 6.96. The number of H-pyrrole nitrogens is 1. The molecule has 2 aromatic heterocycles. The topological polar surface area (TPSA) is 119 Å². The van der Waals surface area contributed by atoms with Gasteiger partial charge in [0.15, 0.2) is 0 Å². The lowest BCUT2D eigenvalue weighted by atomic mass is 9.85. The van der Waals surface area contributed by atoms with Gasteiger partial charge in [0.05, 0.1) is 16.0 Å². The fourth-order valence-electron chi connectivity index (χ4n) is 3.42. The predicted octanol–water partition coefficient (Wildman–Crippen LogP) is 3.19. The number of hydrogen-bond acceptors (Lipinski definition) is 5. The minimum atomic E-state index is -0.474. The molecule has 4 rings (SSSR count). The van der Waals surface area contributed by atoms with E-state index in [2.05, 4.69) is 20.4 Å². The molecule has 2 N–H and O–H groups in total. The molecule has 0 bridgehead atoms. The molecule has 9 heteroatoms. The van der Waals surface area contributed by atoms with Crippen LogP contribution in [0.4, 0.5) is 11.4 Å². The number of aromatic nitrogens is 4. The minimum Gasteiger partial charge on any atom is -0.342 e. The van der Waals surface area contributed by atoms with Gasteiger partial charge in [-0.2, -0.15) is 5.10 Å². The third-order valence-corrected chi connectivity index (χ3v) is 5.10. The van der Waals surface area contributed by atoms with Crippen molar-refractivity contribution in [2.45, 2.75) is 45.6 Å². The number of anilines is 1. The Labute approximate surface area is 154 Å². The summed E-state index contributed by atoms with van der Waals surface area (Å²) in [6.45, 7) is 3.06. The first kappa shape index (κ1) is 17.2. The highest BCUT2D eigenvalue weighted by Crippen LogP contribution is 2.35. The molecule has 0 radical (unpaired) electrons. The van der Waals surface area contributed by atoms with Crippen LogP contribution in [0.3, 0.4) is 0 Å². The van der Waals surface area contributed by atoms with Gasteiger partial charge in [-0.25, -0.2) is 4.98 Å². The summed E-state index contributed by atoms with van der Waals surface area (Å²) >= 11 is 0. The van der Waals surface area contributed by atoms with E-state index in [1.807, 2.05) is 12.1 Å². The van der Waals surface area contributed by atoms with E-state index in [1.54, 1.807) is 19.9 Å². The van der Waals surface area contributed by atoms with Gasteiger partial charge in [0.1, 0.15) is 23.8 Å². The molecular formula is C18H20N6O3. The van der Waals surface area contributed by atoms with Gasteiger partial charge in [0.2, 0.25) is 5.91 Å². The van der Waals surface area contributed by atoms with Crippen molar-refractivity contribution in [2.75, 3.05) is 5.32 Å². The Morgan fingerprint density at radius 3 is 2.81 bits per heavy atom. The smallest absolute Gasteiger partial charge is 0.312 e. The minimum absolute atomic E-state index is 0.0507. The van der Waals surface area contributed by atoms with Gasteiger partial charge in [-0.3, -0.25) is 19.6 Å². The quantitative estimate of drug-likeness (QED) is 0.529. The molecule has 1 aliphatic carbocycles. The largest absolute Gasteiger partial charge is 0.342 e. The van der Waals surface area contributed by atoms with Crippen LogP contribution >= 0.6 is 0 Å². The second kappa shape index (κ2) is 6.49. The van der Waals surface area contributed by atoms with E-state index >= 15 is 0 Å². The maximum Gasteiger partial charge on any atom is 0.312 e. The Morgan fingerprint density at radius 2 is 2.19 bits per heavy atom. The number of aromatic amines is 1. The average Bonchev–Trinajstić information content (AvgIpc) is 3.05. The maximum absolute atomic E-state index is 12.4. The van der Waals surface area contributed by atoms with Gasteiger partial charge in [0, 0.05) is 11.6 Å². The molecule has 27 heavy (non-hydrogen) atoms. The zero-order chi connectivity index (χ0) is 19.1. The Hall–Kier alpha value is -3.23. The Bertz CT molecular complexity index is 1050. The molecule has 0 atom stereocenters. The van der Waals surface area contributed by atoms with Crippen molar-refractivity contribution < 1.29 is 9.72 Å². The Morgan fingerprint density at radius 1 is 1.41 bits per heavy atom. The molecule has 2 heterocycles. The van der Waals surface area contributed by atoms with Crippen LogP contribution in [0, 0.1) is 24.0 Å². The first-order valence-electron chi connectivity index (χ1n) is 8.90. The van der Waals surface area contributed by atoms with E-state index in [1.165, 1.54) is 11.1 Å². The summed E-state index contributed by atoms with van der Waals surface area (Å²) < 4.78 is 1.35. The van der Waals surface area contributed by atoms with Gasteiger partial charge in [0.25, 0.3) is 0 Å². The number of carbonyl (C=O) groups is 1. The van der Waals surface area contributed by atoms with E-state index in [9.17, 15) is 14.9 Å². The van der Waals surface area contributed by atoms with Gasteiger partial charge in [-0.05, 0) is 44.9 Å². The molecule has 1 aliphatic rings. The van der Waals surface area contributed by atoms with Crippen molar-refractivity contribution in [1.29, 1.82) is 0 Å². The molecule has 0 spiro atoms. The summed E-state index contributed by atoms with van der Waals surface area (Å²) in [5.41, 5.74) is 3.02. The maximum atomic E-state index is 12.4. The summed E-state index contributed by atoms with van der Waals surface area (Å²) in [5, 5.41) is 18.0. The molecule has 1 fully saturated rings. The zero-order valence-corrected chi connectivity index (χ0v) is 15.2. The van der Waals surface area contributed by atoms with Crippen LogP contribution in [-0.4, -0.2) is 30.6 Å². The number of nitrogens with zero attached hydrogens (tertiary/aromatic N) is 4. The van der Waals surface area contributed by atoms with Crippen LogP contribution in [0.5, 0.6) is 0 Å². The number of rotatable bonds is 5. The number of carbonyl (C=O) groups excluding carboxylic acids is 1. The van der Waals surface area contributed by atoms with E-state index in [0.717, 1.165) is 29.7 Å². The number of aryl methyl sites for hydroxylation is 1. The SMILES string of the molecule is Cc1nn(CC(=O)Nc2ccc3nc(C4CCC4)[nH]c3c2)c(C)c1[N+](=O)[O-]. The molecule has 0 unspecified atom stereocenters. The Kier molecular flexibility index (Phi) is 4.14. The molecule has 1 aromatic carbocycles. The van der Waals surface area contributed by atoms with Gasteiger partial charge >= 0.3 is 5.69 Å². The van der Waals surface area contributed by atoms with E-state index < -0.39 is 4.92 Å². The van der Waals surface area contributed by atoms with Crippen molar-refractivity contribution in [1.82, 2.24) is 19.7 Å². The van der Waals surface area contributed by atoms with Gasteiger partial charge in [-0.1, -0.05) is 6.42 Å². The lowest BCUT2D eigenvalue weighted by Gasteiger charge is -2.22. The van der Waals surface area contributed by atoms with E-state index in [-0.39, 0.29) is 18.1 Å². The second-order valence-electron chi connectivity index (χ2n) is 6.96. The van der Waals surface area contributed by atoms with Crippen LogP contribution in [0.2, 0.25) is 0 Å². The van der Waals surface area contributed by atoms with Crippen LogP contribution in [0.25, 0.3) is 11.0 Å². The lowest BCUT2D eigenvalue weighted by Crippen LogP contribution is -2.20. The monoisotopic (exact) mass is 368 g/mol. The van der Waals surface area contributed by atoms with Crippen LogP contribution in [0.15, 0.2) is 18.2 Å². The van der Waals surface area contributed by atoms with Crippen molar-refractivity contribution >= 4 is 28.3 Å². The summed E-state index contributed by atoms with van der Waals surface area (Å²) in [6, 6.07) is 5.53. The highest BCUT2D eigenvalue weighted by atomic mass is 16.6. The first-order chi connectivity index (χ1) is 12.9. The first-order valence-corrected chi connectivity index (χ1v) is 8.90. The van der Waals surface area contributed by atoms with Crippen LogP contribution in [0.1, 0.15) is 42.4 Å². The molecule has 3 aromatic rings. The van der Waals surface area contributed by atoms with Crippen molar-refractivity contribution in [3.8, 4) is 0 Å². The number of nitro groups is 1. The number of imidazole rings is 1. The third kappa shape index (κ3) is 3.16. The molecular weight excluding hydrogens is 348 g/mol. The van der Waals surface area contributed by atoms with Gasteiger partial charge < -0.3 is 10.3 Å². The number of nitrogens with one attached hydrogen (secondary N) is 2. The number of amides is 1. The fraction of sp³-hybridized carbons (Fsp3) is 0.389. The fourth-order valence-corrected chi connectivity index (χ4v) is 3.42. The summed E-state index contributed by atoms with van der Waals surface area (Å²) in [6.07, 6.45) is 3.57. The molecule has 1 amide bonds. The summed E-state index contributed by atoms with van der Waals surface area (Å²) in [4.78, 5) is 30.9. The lowest BCUT2D eigenvalue weighted by molar-refractivity contribution is -0.386. The molecule has 140 valence electrons. The molecule has 0 saturated heterocycles. The van der Waals surface area contributed by atoms with Crippen LogP contribution < -0.4 is 5.32 Å². The predicted molar refractivity (Wildman–Crippen MR) is 99.7 cm³/mol. The van der Waals surface area contributed by atoms with E-state index in [4.69, 9.17) is 0 Å². The highest BCUT2D eigenvalue weighted by Gasteiger charge is 2.24. The molecule has 0 aliphatic heterocycles. The van der Waals surface area contributed by atoms with Gasteiger partial charge in [-0.15, -0.1) is 0 Å². The van der Waals surface area contributed by atoms with Crippen molar-refractivity contribution in [3.05, 3.63) is 45.5 Å². The summed E-state index contributed by atoms with van der Waals surface area (Å²) in [5.74, 6) is 1.22. The average molecular weight is 368 g/mol. The number of fused-ring (bicyclic) bond motifs is 1. The zero-order valence-electron chi connectivity index (χ0n) is 15.2. The number of hydrogen-bond donors (Lipinski definition) is 2. The van der Waals surface area contributed by atoms with Crippen molar-refractivity contribution in [2.24, 2.45) is 0 Å². The third-order valence-electron chi connectivity index (χ3n) is 5.10.